The summed E-state index contributed by atoms with van der Waals surface area (Å²) in [6, 6.07) is 98.0. The van der Waals surface area contributed by atoms with Crippen molar-refractivity contribution in [3.63, 3.8) is 0 Å². The van der Waals surface area contributed by atoms with Gasteiger partial charge in [0, 0.05) is 33.2 Å². The number of aromatic nitrogens is 1. The smallest absolute Gasteiger partial charge is 0.0714 e. The Morgan fingerprint density at radius 2 is 0.836 bits per heavy atom. The summed E-state index contributed by atoms with van der Waals surface area (Å²) in [6.45, 7) is 0. The maximum Gasteiger partial charge on any atom is 0.0714 e. The third-order valence-corrected chi connectivity index (χ3v) is 14.1. The highest BCUT2D eigenvalue weighted by Gasteiger charge is 2.46. The van der Waals surface area contributed by atoms with Gasteiger partial charge >= 0.3 is 0 Å². The molecule has 2 nitrogen and oxygen atoms in total. The van der Waals surface area contributed by atoms with Crippen molar-refractivity contribution < 1.29 is 0 Å². The Hall–Kier alpha value is -8.72. The fourth-order valence-corrected chi connectivity index (χ4v) is 11.1. The maximum absolute atomic E-state index is 2.46. The minimum atomic E-state index is -0.502. The van der Waals surface area contributed by atoms with Crippen LogP contribution in [0.5, 0.6) is 0 Å². The lowest BCUT2D eigenvalue weighted by Crippen LogP contribution is -2.28. The Bertz CT molecular complexity index is 3730. The van der Waals surface area contributed by atoms with E-state index < -0.39 is 5.41 Å². The predicted octanol–water partition coefficient (Wildman–Crippen LogP) is 17.1. The van der Waals surface area contributed by atoms with E-state index in [0.717, 1.165) is 17.1 Å². The van der Waals surface area contributed by atoms with Gasteiger partial charge in [0.15, 0.2) is 0 Å². The zero-order valence-electron chi connectivity index (χ0n) is 36.8. The van der Waals surface area contributed by atoms with Crippen molar-refractivity contribution >= 4 is 49.6 Å². The predicted molar refractivity (Wildman–Crippen MR) is 281 cm³/mol. The molecule has 314 valence electrons. The van der Waals surface area contributed by atoms with Gasteiger partial charge in [-0.2, -0.15) is 0 Å². The first kappa shape index (κ1) is 38.7. The van der Waals surface area contributed by atoms with Crippen molar-refractivity contribution in [1.29, 1.82) is 0 Å². The van der Waals surface area contributed by atoms with Gasteiger partial charge in [-0.15, -0.1) is 0 Å². The summed E-state index contributed by atoms with van der Waals surface area (Å²) in [5.74, 6) is 0. The molecule has 0 radical (unpaired) electrons. The number of benzene rings is 11. The van der Waals surface area contributed by atoms with E-state index >= 15 is 0 Å². The summed E-state index contributed by atoms with van der Waals surface area (Å²) in [7, 11) is 0. The third kappa shape index (κ3) is 6.18. The fourth-order valence-electron chi connectivity index (χ4n) is 11.1. The van der Waals surface area contributed by atoms with Crippen LogP contribution in [0, 0.1) is 0 Å². The molecule has 0 fully saturated rings. The lowest BCUT2D eigenvalue weighted by Gasteiger charge is -2.35. The van der Waals surface area contributed by atoms with E-state index in [1.54, 1.807) is 0 Å². The van der Waals surface area contributed by atoms with Gasteiger partial charge in [-0.3, -0.25) is 0 Å². The second kappa shape index (κ2) is 15.8. The molecule has 0 N–H and O–H groups in total. The maximum atomic E-state index is 2.46. The number of rotatable bonds is 8. The van der Waals surface area contributed by atoms with Gasteiger partial charge in [0.25, 0.3) is 0 Å². The Labute approximate surface area is 390 Å². The summed E-state index contributed by atoms with van der Waals surface area (Å²) in [6.07, 6.45) is 0. The zero-order valence-corrected chi connectivity index (χ0v) is 36.8. The first-order valence-electron chi connectivity index (χ1n) is 23.2. The molecule has 13 rings (SSSR count). The summed E-state index contributed by atoms with van der Waals surface area (Å²) in [5.41, 5.74) is 18.8. The largest absolute Gasteiger partial charge is 0.310 e. The molecule has 0 aliphatic heterocycles. The van der Waals surface area contributed by atoms with E-state index in [-0.39, 0.29) is 0 Å². The van der Waals surface area contributed by atoms with Gasteiger partial charge < -0.3 is 9.47 Å². The molecule has 0 saturated carbocycles. The lowest BCUT2D eigenvalue weighted by atomic mass is 9.67. The van der Waals surface area contributed by atoms with Gasteiger partial charge in [0.2, 0.25) is 0 Å². The van der Waals surface area contributed by atoms with Crippen LogP contribution in [0.1, 0.15) is 22.3 Å². The Kier molecular flexibility index (Phi) is 9.11. The minimum absolute atomic E-state index is 0.502. The van der Waals surface area contributed by atoms with Gasteiger partial charge in [0.1, 0.15) is 0 Å². The molecule has 0 bridgehead atoms. The average molecular weight is 853 g/mol. The van der Waals surface area contributed by atoms with Gasteiger partial charge in [-0.25, -0.2) is 0 Å². The summed E-state index contributed by atoms with van der Waals surface area (Å²) in [5, 5.41) is 4.92. The van der Waals surface area contributed by atoms with Crippen LogP contribution in [-0.2, 0) is 5.41 Å². The molecule has 0 unspecified atom stereocenters. The van der Waals surface area contributed by atoms with Crippen LogP contribution in [0.25, 0.3) is 71.6 Å². The van der Waals surface area contributed by atoms with Crippen molar-refractivity contribution in [2.75, 3.05) is 4.90 Å². The molecule has 0 saturated heterocycles. The molecule has 67 heavy (non-hydrogen) atoms. The van der Waals surface area contributed by atoms with Gasteiger partial charge in [-0.1, -0.05) is 206 Å². The first-order valence-corrected chi connectivity index (χ1v) is 23.2. The Balaban J connectivity index is 0.907. The molecule has 0 spiro atoms. The molecule has 1 heterocycles. The molecule has 2 heteroatoms. The zero-order chi connectivity index (χ0) is 44.3. The fraction of sp³-hybridized carbons (Fsp3) is 0.0154. The minimum Gasteiger partial charge on any atom is -0.310 e. The SMILES string of the molecule is c1ccc(-n2c3ccccc3c3cc(-c4ccc(-c5ccc(N(c6ccc7c(c6)C(c6ccccc6)(c6ccccc6)c6ccccc6-7)c6cccc7ccccc67)cc5)cc4)ccc32)cc1. The molecule has 0 atom stereocenters. The van der Waals surface area contributed by atoms with Gasteiger partial charge in [0.05, 0.1) is 22.1 Å². The van der Waals surface area contributed by atoms with Crippen LogP contribution in [0.3, 0.4) is 0 Å². The molecule has 12 aromatic rings. The number of fused-ring (bicyclic) bond motifs is 7. The summed E-state index contributed by atoms with van der Waals surface area (Å²) < 4.78 is 2.37. The molecule has 1 aliphatic carbocycles. The normalized spacial score (nSPS) is 12.6. The monoisotopic (exact) mass is 852 g/mol. The van der Waals surface area contributed by atoms with Gasteiger partial charge in [-0.05, 0) is 122 Å². The second-order valence-corrected chi connectivity index (χ2v) is 17.6. The number of hydrogen-bond acceptors (Lipinski definition) is 1. The van der Waals surface area contributed by atoms with E-state index in [1.807, 2.05) is 0 Å². The van der Waals surface area contributed by atoms with Crippen molar-refractivity contribution in [3.8, 4) is 39.1 Å². The highest BCUT2D eigenvalue weighted by molar-refractivity contribution is 6.10. The highest BCUT2D eigenvalue weighted by Crippen LogP contribution is 2.57. The second-order valence-electron chi connectivity index (χ2n) is 17.6. The molecular formula is C65H44N2. The van der Waals surface area contributed by atoms with Crippen molar-refractivity contribution in [2.45, 2.75) is 5.41 Å². The van der Waals surface area contributed by atoms with Crippen LogP contribution in [0.4, 0.5) is 17.1 Å². The number of para-hydroxylation sites is 2. The third-order valence-electron chi connectivity index (χ3n) is 14.1. The lowest BCUT2D eigenvalue weighted by molar-refractivity contribution is 0.768. The van der Waals surface area contributed by atoms with E-state index in [1.165, 1.54) is 93.9 Å². The van der Waals surface area contributed by atoms with Crippen LogP contribution in [-0.4, -0.2) is 4.57 Å². The van der Waals surface area contributed by atoms with E-state index in [0.29, 0.717) is 0 Å². The van der Waals surface area contributed by atoms with E-state index in [4.69, 9.17) is 0 Å². The van der Waals surface area contributed by atoms with Crippen LogP contribution in [0.2, 0.25) is 0 Å². The summed E-state index contributed by atoms with van der Waals surface area (Å²) in [4.78, 5) is 2.45. The van der Waals surface area contributed by atoms with E-state index in [2.05, 4.69) is 276 Å². The Morgan fingerprint density at radius 1 is 0.313 bits per heavy atom. The standard InChI is InChI=1S/C65H44N2/c1-4-19-50(20-5-1)65(51-21-6-2-7-22-51)60-28-14-12-26-56(60)57-41-40-54(44-61(57)65)66(62-30-16-18-48-17-10-11-25-55(48)62)53-38-35-46(36-39-53)45-31-33-47(34-32-45)49-37-42-64-59(43-49)58-27-13-15-29-63(58)67(64)52-23-8-3-9-24-52/h1-44H. The molecule has 11 aromatic carbocycles. The molecule has 0 amide bonds. The van der Waals surface area contributed by atoms with E-state index in [9.17, 15) is 0 Å². The van der Waals surface area contributed by atoms with Crippen molar-refractivity contribution in [2.24, 2.45) is 0 Å². The highest BCUT2D eigenvalue weighted by atomic mass is 15.1. The number of nitrogens with zero attached hydrogens (tertiary/aromatic N) is 2. The molecule has 1 aliphatic rings. The quantitative estimate of drug-likeness (QED) is 0.148. The van der Waals surface area contributed by atoms with Crippen LogP contribution < -0.4 is 4.90 Å². The molecule has 1 aromatic heterocycles. The van der Waals surface area contributed by atoms with Crippen molar-refractivity contribution in [3.05, 3.63) is 289 Å². The topological polar surface area (TPSA) is 8.17 Å². The number of anilines is 3. The first-order chi connectivity index (χ1) is 33.2. The number of hydrogen-bond donors (Lipinski definition) is 0. The Morgan fingerprint density at radius 3 is 1.57 bits per heavy atom. The van der Waals surface area contributed by atoms with Crippen LogP contribution in [0.15, 0.2) is 267 Å². The summed E-state index contributed by atoms with van der Waals surface area (Å²) >= 11 is 0. The average Bonchev–Trinajstić information content (AvgIpc) is 3.90. The molecular weight excluding hydrogens is 809 g/mol. The van der Waals surface area contributed by atoms with Crippen molar-refractivity contribution in [1.82, 2.24) is 4.57 Å². The van der Waals surface area contributed by atoms with Crippen LogP contribution >= 0.6 is 0 Å².